The van der Waals surface area contributed by atoms with Gasteiger partial charge in [-0.25, -0.2) is 0 Å². The SMILES string of the molecule is FC(F)(F)C1(C(F)(F)F)NC2C(Cl)CC1C2Br. The first-order valence-electron chi connectivity index (χ1n) is 4.71. The van der Waals surface area contributed by atoms with E-state index in [0.29, 0.717) is 0 Å². The fourth-order valence-corrected chi connectivity index (χ4v) is 4.37. The minimum atomic E-state index is -5.40. The highest BCUT2D eigenvalue weighted by molar-refractivity contribution is 9.09. The summed E-state index contributed by atoms with van der Waals surface area (Å²) >= 11 is 8.59. The third kappa shape index (κ3) is 1.63. The van der Waals surface area contributed by atoms with Gasteiger partial charge >= 0.3 is 12.4 Å². The van der Waals surface area contributed by atoms with E-state index < -0.39 is 40.1 Å². The largest absolute Gasteiger partial charge is 0.415 e. The average Bonchev–Trinajstić information content (AvgIpc) is 2.53. The summed E-state index contributed by atoms with van der Waals surface area (Å²) < 4.78 is 76.9. The zero-order chi connectivity index (χ0) is 13.2. The van der Waals surface area contributed by atoms with Gasteiger partial charge in [0.05, 0.1) is 5.38 Å². The van der Waals surface area contributed by atoms with E-state index in [1.165, 1.54) is 0 Å². The Bertz CT molecular complexity index is 315. The molecule has 1 heterocycles. The highest BCUT2D eigenvalue weighted by atomic mass is 79.9. The first-order chi connectivity index (χ1) is 7.52. The van der Waals surface area contributed by atoms with Crippen LogP contribution in [0.25, 0.3) is 0 Å². The van der Waals surface area contributed by atoms with Gasteiger partial charge in [0.25, 0.3) is 0 Å². The lowest BCUT2D eigenvalue weighted by Crippen LogP contribution is -2.70. The van der Waals surface area contributed by atoms with E-state index in [2.05, 4.69) is 15.9 Å². The van der Waals surface area contributed by atoms with Crippen LogP contribution < -0.4 is 5.32 Å². The lowest BCUT2D eigenvalue weighted by Gasteiger charge is -2.41. The number of nitrogens with one attached hydrogen (secondary N) is 1. The van der Waals surface area contributed by atoms with Crippen molar-refractivity contribution in [3.8, 4) is 0 Å². The molecule has 2 bridgehead atoms. The Morgan fingerprint density at radius 2 is 1.59 bits per heavy atom. The Labute approximate surface area is 106 Å². The molecule has 0 aromatic heterocycles. The Morgan fingerprint density at radius 1 is 1.12 bits per heavy atom. The van der Waals surface area contributed by atoms with Crippen LogP contribution >= 0.6 is 27.5 Å². The molecule has 0 aromatic rings. The van der Waals surface area contributed by atoms with Gasteiger partial charge in [0.1, 0.15) is 0 Å². The van der Waals surface area contributed by atoms with Gasteiger partial charge in [-0.05, 0) is 6.42 Å². The second kappa shape index (κ2) is 3.66. The summed E-state index contributed by atoms with van der Waals surface area (Å²) in [4.78, 5) is -0.923. The number of rotatable bonds is 0. The van der Waals surface area contributed by atoms with Crippen molar-refractivity contribution in [2.24, 2.45) is 5.92 Å². The normalized spacial score (nSPS) is 40.9. The number of piperidine rings is 1. The molecule has 4 atom stereocenters. The molecule has 17 heavy (non-hydrogen) atoms. The second-order valence-corrected chi connectivity index (χ2v) is 5.89. The van der Waals surface area contributed by atoms with Gasteiger partial charge in [0.15, 0.2) is 0 Å². The van der Waals surface area contributed by atoms with Crippen molar-refractivity contribution in [1.29, 1.82) is 0 Å². The predicted molar refractivity (Wildman–Crippen MR) is 52.2 cm³/mol. The molecule has 1 saturated heterocycles. The first-order valence-corrected chi connectivity index (χ1v) is 6.07. The molecule has 2 fully saturated rings. The number of hydrogen-bond donors (Lipinski definition) is 1. The lowest BCUT2D eigenvalue weighted by molar-refractivity contribution is -0.318. The first kappa shape index (κ1) is 13.7. The van der Waals surface area contributed by atoms with E-state index in [4.69, 9.17) is 11.6 Å². The van der Waals surface area contributed by atoms with Crippen molar-refractivity contribution < 1.29 is 26.3 Å². The van der Waals surface area contributed by atoms with Crippen LogP contribution in [0.3, 0.4) is 0 Å². The zero-order valence-corrected chi connectivity index (χ0v) is 10.4. The van der Waals surface area contributed by atoms with Gasteiger partial charge in [-0.2, -0.15) is 26.3 Å². The smallest absolute Gasteiger partial charge is 0.290 e. The summed E-state index contributed by atoms with van der Waals surface area (Å²) in [7, 11) is 0. The standard InChI is InChI=1S/C8H7BrClF6N/c9-4-2-1-3(10)5(4)17-6(2,7(11,12)13)8(14,15)16/h2-5,17H,1H2. The van der Waals surface area contributed by atoms with Crippen LogP contribution in [0.4, 0.5) is 26.3 Å². The quantitative estimate of drug-likeness (QED) is 0.525. The van der Waals surface area contributed by atoms with Crippen LogP contribution in [-0.2, 0) is 0 Å². The third-order valence-corrected chi connectivity index (χ3v) is 5.10. The Hall–Kier alpha value is 0.310. The molecule has 4 unspecified atom stereocenters. The topological polar surface area (TPSA) is 12.0 Å². The maximum absolute atomic E-state index is 12.8. The molecule has 1 N–H and O–H groups in total. The molecule has 0 radical (unpaired) electrons. The summed E-state index contributed by atoms with van der Waals surface area (Å²) in [6.07, 6.45) is -11.1. The van der Waals surface area contributed by atoms with Gasteiger partial charge in [-0.3, -0.25) is 5.32 Å². The maximum atomic E-state index is 12.8. The van der Waals surface area contributed by atoms with Crippen molar-refractivity contribution in [3.05, 3.63) is 0 Å². The Kier molecular flexibility index (Phi) is 2.96. The molecule has 1 aliphatic heterocycles. The maximum Gasteiger partial charge on any atom is 0.415 e. The minimum absolute atomic E-state index is 0.311. The molecular formula is C8H7BrClF6N. The number of hydrogen-bond acceptors (Lipinski definition) is 1. The van der Waals surface area contributed by atoms with Gasteiger partial charge in [-0.1, -0.05) is 15.9 Å². The van der Waals surface area contributed by atoms with Crippen LogP contribution in [0, 0.1) is 5.92 Å². The van der Waals surface area contributed by atoms with Gasteiger partial charge in [0.2, 0.25) is 5.54 Å². The molecule has 2 rings (SSSR count). The minimum Gasteiger partial charge on any atom is -0.290 e. The van der Waals surface area contributed by atoms with Crippen LogP contribution in [-0.4, -0.2) is 34.1 Å². The zero-order valence-electron chi connectivity index (χ0n) is 8.04. The second-order valence-electron chi connectivity index (χ2n) is 4.28. The Balaban J connectivity index is 2.48. The van der Waals surface area contributed by atoms with E-state index in [-0.39, 0.29) is 6.42 Å². The molecule has 2 aliphatic rings. The summed E-state index contributed by atoms with van der Waals surface area (Å²) in [5.41, 5.74) is -3.84. The molecule has 0 amide bonds. The Morgan fingerprint density at radius 3 is 1.82 bits per heavy atom. The molecule has 100 valence electrons. The van der Waals surface area contributed by atoms with Gasteiger partial charge in [-0.15, -0.1) is 11.6 Å². The van der Waals surface area contributed by atoms with Crippen LogP contribution in [0.5, 0.6) is 0 Å². The van der Waals surface area contributed by atoms with E-state index in [0.717, 1.165) is 0 Å². The van der Waals surface area contributed by atoms with Crippen molar-refractivity contribution in [3.63, 3.8) is 0 Å². The van der Waals surface area contributed by atoms with Gasteiger partial charge in [0, 0.05) is 16.8 Å². The fraction of sp³-hybridized carbons (Fsp3) is 1.00. The summed E-state index contributed by atoms with van der Waals surface area (Å²) in [6.45, 7) is 0. The molecule has 1 saturated carbocycles. The van der Waals surface area contributed by atoms with Gasteiger partial charge < -0.3 is 0 Å². The molecule has 1 aliphatic carbocycles. The van der Waals surface area contributed by atoms with Crippen molar-refractivity contribution in [2.45, 2.75) is 40.6 Å². The number of halogens is 8. The average molecular weight is 346 g/mol. The fourth-order valence-electron chi connectivity index (χ4n) is 2.67. The third-order valence-electron chi connectivity index (χ3n) is 3.44. The van der Waals surface area contributed by atoms with E-state index >= 15 is 0 Å². The summed E-state index contributed by atoms with van der Waals surface area (Å²) in [6, 6.07) is -1.02. The van der Waals surface area contributed by atoms with E-state index in [1.54, 1.807) is 5.32 Å². The molecule has 9 heteroatoms. The summed E-state index contributed by atoms with van der Waals surface area (Å²) in [5, 5.41) is 0.934. The molecule has 0 aromatic carbocycles. The van der Waals surface area contributed by atoms with Crippen LogP contribution in [0.15, 0.2) is 0 Å². The predicted octanol–water partition coefficient (Wildman–Crippen LogP) is 3.21. The number of alkyl halides is 8. The number of fused-ring (bicyclic) bond motifs is 2. The highest BCUT2D eigenvalue weighted by Crippen LogP contribution is 2.59. The van der Waals surface area contributed by atoms with Crippen LogP contribution in [0.1, 0.15) is 6.42 Å². The molecule has 1 nitrogen and oxygen atoms in total. The lowest BCUT2D eigenvalue weighted by atomic mass is 9.82. The highest BCUT2D eigenvalue weighted by Gasteiger charge is 2.81. The van der Waals surface area contributed by atoms with E-state index in [1.807, 2.05) is 0 Å². The monoisotopic (exact) mass is 345 g/mol. The van der Waals surface area contributed by atoms with Crippen molar-refractivity contribution in [2.75, 3.05) is 0 Å². The molecule has 0 spiro atoms. The molecular weight excluding hydrogens is 339 g/mol. The van der Waals surface area contributed by atoms with Crippen LogP contribution in [0.2, 0.25) is 0 Å². The summed E-state index contributed by atoms with van der Waals surface area (Å²) in [5.74, 6) is -1.63. The van der Waals surface area contributed by atoms with E-state index in [9.17, 15) is 26.3 Å². The van der Waals surface area contributed by atoms with Crippen molar-refractivity contribution >= 4 is 27.5 Å². The van der Waals surface area contributed by atoms with Crippen molar-refractivity contribution in [1.82, 2.24) is 5.32 Å².